The lowest BCUT2D eigenvalue weighted by atomic mass is 9.55. The van der Waals surface area contributed by atoms with Gasteiger partial charge in [0.1, 0.15) is 11.5 Å². The summed E-state index contributed by atoms with van der Waals surface area (Å²) in [4.78, 5) is 14.5. The number of nitrogens with zero attached hydrogens (tertiary/aromatic N) is 1. The zero-order chi connectivity index (χ0) is 17.1. The van der Waals surface area contributed by atoms with Gasteiger partial charge < -0.3 is 10.0 Å². The predicted octanol–water partition coefficient (Wildman–Crippen LogP) is 3.88. The fourth-order valence-electron chi connectivity index (χ4n) is 5.89. The Morgan fingerprint density at radius 3 is 2.75 bits per heavy atom. The number of ketones is 1. The topological polar surface area (TPSA) is 40.5 Å². The Balaban J connectivity index is 1.70. The molecule has 3 aliphatic rings. The number of rotatable bonds is 2. The molecule has 0 spiro atoms. The second-order valence-electron chi connectivity index (χ2n) is 8.75. The van der Waals surface area contributed by atoms with Gasteiger partial charge in [0.15, 0.2) is 0 Å². The van der Waals surface area contributed by atoms with Gasteiger partial charge in [-0.05, 0) is 81.1 Å². The molecule has 4 atom stereocenters. The average Bonchev–Trinajstić information content (AvgIpc) is 2.83. The van der Waals surface area contributed by atoms with Crippen LogP contribution in [-0.2, 0) is 17.8 Å². The number of carbonyl (C=O) groups is 1. The molecular formula is C21H29NO2. The van der Waals surface area contributed by atoms with Crippen LogP contribution in [0.25, 0.3) is 0 Å². The van der Waals surface area contributed by atoms with E-state index in [1.807, 2.05) is 20.2 Å². The molecule has 0 aliphatic heterocycles. The maximum absolute atomic E-state index is 12.4. The van der Waals surface area contributed by atoms with Crippen LogP contribution in [0.5, 0.6) is 5.75 Å². The lowest BCUT2D eigenvalue weighted by Crippen LogP contribution is -2.42. The number of phenolic OH excluding ortho intramolecular Hbond substituents is 1. The van der Waals surface area contributed by atoms with Crippen LogP contribution < -0.4 is 0 Å². The van der Waals surface area contributed by atoms with Gasteiger partial charge in [-0.2, -0.15) is 0 Å². The maximum Gasteiger partial charge on any atom is 0.139 e. The van der Waals surface area contributed by atoms with Crippen molar-refractivity contribution in [3.8, 4) is 5.75 Å². The summed E-state index contributed by atoms with van der Waals surface area (Å²) in [6.07, 6.45) is 6.28. The predicted molar refractivity (Wildman–Crippen MR) is 95.1 cm³/mol. The highest BCUT2D eigenvalue weighted by Crippen LogP contribution is 2.59. The first-order valence-corrected chi connectivity index (χ1v) is 9.43. The molecule has 0 heterocycles. The third kappa shape index (κ3) is 2.32. The van der Waals surface area contributed by atoms with Crippen LogP contribution in [0, 0.1) is 17.3 Å². The number of hydrogen-bond donors (Lipinski definition) is 1. The number of fused-ring (bicyclic) bond motifs is 5. The van der Waals surface area contributed by atoms with Gasteiger partial charge >= 0.3 is 0 Å². The van der Waals surface area contributed by atoms with Crippen molar-refractivity contribution in [3.05, 3.63) is 28.8 Å². The fraction of sp³-hybridized carbons (Fsp3) is 0.667. The van der Waals surface area contributed by atoms with E-state index in [9.17, 15) is 9.90 Å². The van der Waals surface area contributed by atoms with Crippen LogP contribution in [0.2, 0.25) is 0 Å². The molecule has 0 unspecified atom stereocenters. The van der Waals surface area contributed by atoms with E-state index in [0.29, 0.717) is 29.3 Å². The first-order chi connectivity index (χ1) is 11.4. The molecule has 1 aromatic rings. The van der Waals surface area contributed by atoms with E-state index in [1.165, 1.54) is 17.5 Å². The molecule has 0 bridgehead atoms. The van der Waals surface area contributed by atoms with Gasteiger partial charge in [0.2, 0.25) is 0 Å². The summed E-state index contributed by atoms with van der Waals surface area (Å²) in [6.45, 7) is 3.00. The third-order valence-electron chi connectivity index (χ3n) is 7.12. The van der Waals surface area contributed by atoms with E-state index in [4.69, 9.17) is 0 Å². The molecule has 130 valence electrons. The summed E-state index contributed by atoms with van der Waals surface area (Å²) in [7, 11) is 4.08. The Morgan fingerprint density at radius 2 is 2.00 bits per heavy atom. The summed E-state index contributed by atoms with van der Waals surface area (Å²) in [5.41, 5.74) is 3.78. The summed E-state index contributed by atoms with van der Waals surface area (Å²) >= 11 is 0. The molecule has 0 amide bonds. The molecule has 4 rings (SSSR count). The van der Waals surface area contributed by atoms with Crippen molar-refractivity contribution in [3.63, 3.8) is 0 Å². The highest BCUT2D eigenvalue weighted by Gasteiger charge is 2.54. The molecule has 3 heteroatoms. The molecule has 24 heavy (non-hydrogen) atoms. The van der Waals surface area contributed by atoms with E-state index in [0.717, 1.165) is 44.2 Å². The first kappa shape index (κ1) is 16.1. The van der Waals surface area contributed by atoms with Crippen LogP contribution in [0.3, 0.4) is 0 Å². The third-order valence-corrected chi connectivity index (χ3v) is 7.12. The number of aromatic hydroxyl groups is 1. The minimum atomic E-state index is -0.0535. The number of Topliss-reactive ketones (excluding diaryl/α,β-unsaturated/α-hetero) is 1. The maximum atomic E-state index is 12.4. The Hall–Kier alpha value is -1.35. The van der Waals surface area contributed by atoms with Gasteiger partial charge in [-0.1, -0.05) is 13.0 Å². The van der Waals surface area contributed by atoms with Crippen LogP contribution in [-0.4, -0.2) is 29.9 Å². The number of phenols is 1. The Labute approximate surface area is 145 Å². The highest BCUT2D eigenvalue weighted by molar-refractivity contribution is 5.87. The van der Waals surface area contributed by atoms with Gasteiger partial charge in [-0.15, -0.1) is 0 Å². The van der Waals surface area contributed by atoms with Crippen LogP contribution >= 0.6 is 0 Å². The quantitative estimate of drug-likeness (QED) is 0.896. The van der Waals surface area contributed by atoms with E-state index in [1.54, 1.807) is 0 Å². The van der Waals surface area contributed by atoms with Crippen molar-refractivity contribution in [1.29, 1.82) is 0 Å². The summed E-state index contributed by atoms with van der Waals surface area (Å²) in [6, 6.07) is 4.28. The smallest absolute Gasteiger partial charge is 0.139 e. The van der Waals surface area contributed by atoms with Gasteiger partial charge in [-0.25, -0.2) is 0 Å². The van der Waals surface area contributed by atoms with E-state index >= 15 is 0 Å². The van der Waals surface area contributed by atoms with Crippen molar-refractivity contribution in [2.24, 2.45) is 17.3 Å². The SMILES string of the molecule is CN(C)Cc1cc2c(cc1O)CC[C@H]1[C@H]2CC[C@]2(C)C(=O)CC[C@@H]12. The molecule has 3 nitrogen and oxygen atoms in total. The summed E-state index contributed by atoms with van der Waals surface area (Å²) < 4.78 is 0. The molecule has 1 aromatic carbocycles. The minimum absolute atomic E-state index is 0.0535. The van der Waals surface area contributed by atoms with Gasteiger partial charge in [0.25, 0.3) is 0 Å². The van der Waals surface area contributed by atoms with E-state index in [-0.39, 0.29) is 5.41 Å². The van der Waals surface area contributed by atoms with Crippen LogP contribution in [0.1, 0.15) is 61.6 Å². The zero-order valence-electron chi connectivity index (χ0n) is 15.1. The first-order valence-electron chi connectivity index (χ1n) is 9.43. The lowest BCUT2D eigenvalue weighted by molar-refractivity contribution is -0.129. The summed E-state index contributed by atoms with van der Waals surface area (Å²) in [5.74, 6) is 2.76. The van der Waals surface area contributed by atoms with Crippen LogP contribution in [0.15, 0.2) is 12.1 Å². The Morgan fingerprint density at radius 1 is 1.21 bits per heavy atom. The molecule has 0 saturated heterocycles. The summed E-state index contributed by atoms with van der Waals surface area (Å²) in [5, 5.41) is 10.4. The standard InChI is InChI=1S/C21H29NO2/c1-21-9-8-15-16(18(21)6-7-20(21)24)5-4-13-11-19(23)14(10-17(13)15)12-22(2)3/h10-11,15-16,18,23H,4-9,12H2,1-3H3/t15-,16+,18+,21+/m1/s1. The molecule has 2 fully saturated rings. The molecule has 0 aromatic heterocycles. The number of benzene rings is 1. The molecule has 2 saturated carbocycles. The van der Waals surface area contributed by atoms with Gasteiger partial charge in [-0.3, -0.25) is 4.79 Å². The van der Waals surface area contributed by atoms with Crippen molar-refractivity contribution in [2.75, 3.05) is 14.1 Å². The number of carbonyl (C=O) groups excluding carboxylic acids is 1. The van der Waals surface area contributed by atoms with E-state index < -0.39 is 0 Å². The van der Waals surface area contributed by atoms with Crippen molar-refractivity contribution < 1.29 is 9.90 Å². The van der Waals surface area contributed by atoms with Crippen molar-refractivity contribution in [2.45, 2.75) is 57.9 Å². The van der Waals surface area contributed by atoms with E-state index in [2.05, 4.69) is 17.9 Å². The fourth-order valence-corrected chi connectivity index (χ4v) is 5.89. The lowest BCUT2D eigenvalue weighted by Gasteiger charge is -2.48. The number of hydrogen-bond acceptors (Lipinski definition) is 3. The minimum Gasteiger partial charge on any atom is -0.508 e. The van der Waals surface area contributed by atoms with Crippen LogP contribution in [0.4, 0.5) is 0 Å². The Kier molecular flexibility index (Phi) is 3.76. The Bertz CT molecular complexity index is 681. The molecule has 1 N–H and O–H groups in total. The largest absolute Gasteiger partial charge is 0.508 e. The molecular weight excluding hydrogens is 298 g/mol. The second kappa shape index (κ2) is 5.59. The highest BCUT2D eigenvalue weighted by atomic mass is 16.3. The van der Waals surface area contributed by atoms with Crippen molar-refractivity contribution in [1.82, 2.24) is 4.90 Å². The second-order valence-corrected chi connectivity index (χ2v) is 8.75. The average molecular weight is 327 g/mol. The molecule has 0 radical (unpaired) electrons. The number of aryl methyl sites for hydroxylation is 1. The normalized spacial score (nSPS) is 34.8. The van der Waals surface area contributed by atoms with Gasteiger partial charge in [0.05, 0.1) is 0 Å². The zero-order valence-corrected chi connectivity index (χ0v) is 15.1. The van der Waals surface area contributed by atoms with Gasteiger partial charge in [0, 0.05) is 23.9 Å². The molecule has 3 aliphatic carbocycles. The monoisotopic (exact) mass is 327 g/mol. The van der Waals surface area contributed by atoms with Crippen molar-refractivity contribution >= 4 is 5.78 Å².